The van der Waals surface area contributed by atoms with Gasteiger partial charge < -0.3 is 14.7 Å². The van der Waals surface area contributed by atoms with E-state index < -0.39 is 23.3 Å². The van der Waals surface area contributed by atoms with Gasteiger partial charge in [0.15, 0.2) is 0 Å². The van der Waals surface area contributed by atoms with Gasteiger partial charge in [-0.05, 0) is 63.3 Å². The normalized spacial score (nSPS) is 15.6. The number of carbonyl (C=O) groups is 2. The molecule has 0 radical (unpaired) electrons. The molecule has 1 amide bonds. The molecule has 1 aromatic heterocycles. The molecule has 3 rings (SSSR count). The number of benzene rings is 1. The Bertz CT molecular complexity index is 987. The Hall–Kier alpha value is -3.04. The van der Waals surface area contributed by atoms with Crippen molar-refractivity contribution < 1.29 is 32.6 Å². The second-order valence-electron chi connectivity index (χ2n) is 8.93. The van der Waals surface area contributed by atoms with Crippen LogP contribution in [-0.4, -0.2) is 50.5 Å². The Kier molecular flexibility index (Phi) is 6.52. The lowest BCUT2D eigenvalue weighted by Gasteiger charge is -2.33. The number of hydrogen-bond acceptors (Lipinski definition) is 4. The van der Waals surface area contributed by atoms with Crippen LogP contribution in [0.5, 0.6) is 0 Å². The first-order valence-electron chi connectivity index (χ1n) is 10.3. The van der Waals surface area contributed by atoms with E-state index in [1.165, 1.54) is 12.4 Å². The van der Waals surface area contributed by atoms with Crippen LogP contribution in [0.25, 0.3) is 11.1 Å². The zero-order chi connectivity index (χ0) is 23.7. The molecule has 2 aromatic rings. The van der Waals surface area contributed by atoms with Gasteiger partial charge in [-0.25, -0.2) is 9.59 Å². The van der Waals surface area contributed by atoms with Crippen LogP contribution in [0.15, 0.2) is 30.6 Å². The lowest BCUT2D eigenvalue weighted by molar-refractivity contribution is -0.137. The molecule has 0 unspecified atom stereocenters. The smallest absolute Gasteiger partial charge is 0.417 e. The Labute approximate surface area is 183 Å². The highest BCUT2D eigenvalue weighted by atomic mass is 19.4. The molecular weight excluding hydrogens is 427 g/mol. The Morgan fingerprint density at radius 3 is 2.41 bits per heavy atom. The molecule has 0 spiro atoms. The number of rotatable bonds is 4. The number of alkyl halides is 3. The van der Waals surface area contributed by atoms with Crippen LogP contribution < -0.4 is 0 Å². The maximum absolute atomic E-state index is 13.4. The average molecular weight is 453 g/mol. The quantitative estimate of drug-likeness (QED) is 0.711. The van der Waals surface area contributed by atoms with Gasteiger partial charge in [0.1, 0.15) is 5.60 Å². The van der Waals surface area contributed by atoms with Crippen molar-refractivity contribution in [2.45, 2.75) is 51.9 Å². The Morgan fingerprint density at radius 2 is 1.84 bits per heavy atom. The molecule has 174 valence electrons. The number of carboxylic acids is 1. The van der Waals surface area contributed by atoms with Crippen molar-refractivity contribution in [3.05, 3.63) is 41.7 Å². The van der Waals surface area contributed by atoms with E-state index in [4.69, 9.17) is 9.84 Å². The van der Waals surface area contributed by atoms with E-state index in [0.29, 0.717) is 19.6 Å². The standard InChI is InChI=1S/C22H26F3N3O4/c1-21(2,3)32-20(31)27-8-6-14(7-9-27)12-28-13-16(11-26-28)17-10-15(19(29)30)4-5-18(17)22(23,24)25/h4-5,10-11,13-14H,6-9,12H2,1-3H3,(H,29,30). The summed E-state index contributed by atoms with van der Waals surface area (Å²) in [4.78, 5) is 25.1. The number of halogens is 3. The van der Waals surface area contributed by atoms with Gasteiger partial charge in [-0.15, -0.1) is 0 Å². The number of aromatic carboxylic acids is 1. The van der Waals surface area contributed by atoms with Gasteiger partial charge in [0.2, 0.25) is 0 Å². The molecule has 10 heteroatoms. The summed E-state index contributed by atoms with van der Waals surface area (Å²) in [7, 11) is 0. The van der Waals surface area contributed by atoms with E-state index >= 15 is 0 Å². The number of amides is 1. The summed E-state index contributed by atoms with van der Waals surface area (Å²) < 4.78 is 47.3. The van der Waals surface area contributed by atoms with Gasteiger partial charge in [0.05, 0.1) is 17.3 Å². The summed E-state index contributed by atoms with van der Waals surface area (Å²) in [6.07, 6.45) is -0.728. The largest absolute Gasteiger partial charge is 0.478 e. The molecule has 2 heterocycles. The molecule has 1 fully saturated rings. The molecule has 1 aromatic carbocycles. The SMILES string of the molecule is CC(C)(C)OC(=O)N1CCC(Cn2cc(-c3cc(C(=O)O)ccc3C(F)(F)F)cn2)CC1. The molecule has 1 saturated heterocycles. The van der Waals surface area contributed by atoms with E-state index in [9.17, 15) is 22.8 Å². The Morgan fingerprint density at radius 1 is 1.19 bits per heavy atom. The van der Waals surface area contributed by atoms with Crippen LogP contribution >= 0.6 is 0 Å². The molecule has 0 saturated carbocycles. The molecule has 1 aliphatic heterocycles. The monoisotopic (exact) mass is 453 g/mol. The number of carboxylic acid groups (broad SMARTS) is 1. The molecule has 1 aliphatic rings. The predicted octanol–water partition coefficient (Wildman–Crippen LogP) is 4.91. The highest BCUT2D eigenvalue weighted by molar-refractivity contribution is 5.90. The van der Waals surface area contributed by atoms with Crippen LogP contribution in [-0.2, 0) is 17.5 Å². The summed E-state index contributed by atoms with van der Waals surface area (Å²) in [5, 5.41) is 13.3. The fourth-order valence-corrected chi connectivity index (χ4v) is 3.65. The Balaban J connectivity index is 1.69. The topological polar surface area (TPSA) is 84.7 Å². The number of nitrogens with zero attached hydrogens (tertiary/aromatic N) is 3. The summed E-state index contributed by atoms with van der Waals surface area (Å²) in [5.74, 6) is -1.10. The second-order valence-corrected chi connectivity index (χ2v) is 8.93. The first kappa shape index (κ1) is 23.6. The lowest BCUT2D eigenvalue weighted by Crippen LogP contribution is -2.42. The minimum atomic E-state index is -4.62. The number of likely N-dealkylation sites (tertiary alicyclic amines) is 1. The van der Waals surface area contributed by atoms with Crippen molar-refractivity contribution in [1.82, 2.24) is 14.7 Å². The fourth-order valence-electron chi connectivity index (χ4n) is 3.65. The molecule has 1 N–H and O–H groups in total. The van der Waals surface area contributed by atoms with Crippen molar-refractivity contribution in [2.24, 2.45) is 5.92 Å². The van der Waals surface area contributed by atoms with Crippen molar-refractivity contribution in [1.29, 1.82) is 0 Å². The summed E-state index contributed by atoms with van der Waals surface area (Å²) in [5.41, 5.74) is -1.72. The second kappa shape index (κ2) is 8.84. The number of aromatic nitrogens is 2. The number of ether oxygens (including phenoxy) is 1. The summed E-state index contributed by atoms with van der Waals surface area (Å²) >= 11 is 0. The van der Waals surface area contributed by atoms with Crippen LogP contribution in [0.4, 0.5) is 18.0 Å². The van der Waals surface area contributed by atoms with Crippen LogP contribution in [0.1, 0.15) is 49.5 Å². The van der Waals surface area contributed by atoms with E-state index in [0.717, 1.165) is 31.0 Å². The summed E-state index contributed by atoms with van der Waals surface area (Å²) in [6.45, 7) is 6.98. The first-order valence-corrected chi connectivity index (χ1v) is 10.3. The molecule has 32 heavy (non-hydrogen) atoms. The molecule has 0 aliphatic carbocycles. The van der Waals surface area contributed by atoms with E-state index in [1.807, 2.05) is 20.8 Å². The van der Waals surface area contributed by atoms with Gasteiger partial charge in [-0.2, -0.15) is 18.3 Å². The first-order chi connectivity index (χ1) is 14.8. The van der Waals surface area contributed by atoms with Crippen molar-refractivity contribution in [3.8, 4) is 11.1 Å². The zero-order valence-corrected chi connectivity index (χ0v) is 18.1. The molecular formula is C22H26F3N3O4. The fraction of sp³-hybridized carbons (Fsp3) is 0.500. The number of hydrogen-bond donors (Lipinski definition) is 1. The van der Waals surface area contributed by atoms with Gasteiger partial charge in [-0.1, -0.05) is 0 Å². The maximum Gasteiger partial charge on any atom is 0.417 e. The zero-order valence-electron chi connectivity index (χ0n) is 18.1. The van der Waals surface area contributed by atoms with Crippen molar-refractivity contribution in [3.63, 3.8) is 0 Å². The minimum Gasteiger partial charge on any atom is -0.478 e. The maximum atomic E-state index is 13.4. The molecule has 7 nitrogen and oxygen atoms in total. The third-order valence-corrected chi connectivity index (χ3v) is 5.23. The summed E-state index contributed by atoms with van der Waals surface area (Å²) in [6, 6.07) is 2.74. The van der Waals surface area contributed by atoms with Gasteiger partial charge in [0.25, 0.3) is 0 Å². The van der Waals surface area contributed by atoms with Gasteiger partial charge >= 0.3 is 18.2 Å². The lowest BCUT2D eigenvalue weighted by atomic mass is 9.97. The highest BCUT2D eigenvalue weighted by Gasteiger charge is 2.34. The average Bonchev–Trinajstić information content (AvgIpc) is 3.14. The van der Waals surface area contributed by atoms with Crippen molar-refractivity contribution in [2.75, 3.05) is 13.1 Å². The van der Waals surface area contributed by atoms with E-state index in [2.05, 4.69) is 5.10 Å². The minimum absolute atomic E-state index is 0.201. The third kappa shape index (κ3) is 5.80. The molecule has 0 atom stereocenters. The van der Waals surface area contributed by atoms with Crippen molar-refractivity contribution >= 4 is 12.1 Å². The number of carbonyl (C=O) groups excluding carboxylic acids is 1. The third-order valence-electron chi connectivity index (χ3n) is 5.23. The number of piperidine rings is 1. The van der Waals surface area contributed by atoms with Gasteiger partial charge in [0, 0.05) is 31.4 Å². The van der Waals surface area contributed by atoms with Crippen LogP contribution in [0, 0.1) is 5.92 Å². The van der Waals surface area contributed by atoms with Crippen LogP contribution in [0.2, 0.25) is 0 Å². The van der Waals surface area contributed by atoms with Gasteiger partial charge in [-0.3, -0.25) is 4.68 Å². The highest BCUT2D eigenvalue weighted by Crippen LogP contribution is 2.37. The van der Waals surface area contributed by atoms with E-state index in [1.54, 1.807) is 9.58 Å². The van der Waals surface area contributed by atoms with Crippen LogP contribution in [0.3, 0.4) is 0 Å². The van der Waals surface area contributed by atoms with E-state index in [-0.39, 0.29) is 28.7 Å². The predicted molar refractivity (Wildman–Crippen MR) is 110 cm³/mol. The molecule has 0 bridgehead atoms.